The second kappa shape index (κ2) is 7.86. The van der Waals surface area contributed by atoms with Crippen molar-refractivity contribution in [2.75, 3.05) is 18.2 Å². The zero-order chi connectivity index (χ0) is 16.8. The van der Waals surface area contributed by atoms with Gasteiger partial charge in [-0.25, -0.2) is 23.5 Å². The summed E-state index contributed by atoms with van der Waals surface area (Å²) in [7, 11) is 0. The van der Waals surface area contributed by atoms with Crippen molar-refractivity contribution in [3.05, 3.63) is 24.2 Å². The first-order chi connectivity index (χ1) is 11.0. The van der Waals surface area contributed by atoms with E-state index in [9.17, 15) is 13.6 Å². The van der Waals surface area contributed by atoms with E-state index < -0.39 is 18.9 Å². The lowest BCUT2D eigenvalue weighted by molar-refractivity contribution is 0.0526. The lowest BCUT2D eigenvalue weighted by Gasteiger charge is -2.09. The third-order valence-electron chi connectivity index (χ3n) is 2.67. The Morgan fingerprint density at radius 3 is 2.91 bits per heavy atom. The van der Waals surface area contributed by atoms with Crippen LogP contribution < -0.4 is 5.32 Å². The highest BCUT2D eigenvalue weighted by atomic mass is 32.2. The molecule has 0 spiro atoms. The van der Waals surface area contributed by atoms with E-state index in [0.717, 1.165) is 4.68 Å². The van der Waals surface area contributed by atoms with E-state index in [2.05, 4.69) is 20.4 Å². The number of anilines is 2. The van der Waals surface area contributed by atoms with Crippen LogP contribution in [0.3, 0.4) is 0 Å². The monoisotopic (exact) mass is 343 g/mol. The number of esters is 1. The van der Waals surface area contributed by atoms with Gasteiger partial charge >= 0.3 is 5.97 Å². The molecule has 0 saturated heterocycles. The van der Waals surface area contributed by atoms with Crippen LogP contribution in [0.25, 0.3) is 0 Å². The Bertz CT molecular complexity index is 680. The molecular weight excluding hydrogens is 328 g/mol. The molecule has 0 saturated carbocycles. The first-order valence-corrected chi connectivity index (χ1v) is 7.91. The van der Waals surface area contributed by atoms with Gasteiger partial charge in [-0.15, -0.1) is 0 Å². The van der Waals surface area contributed by atoms with E-state index in [1.165, 1.54) is 30.4 Å². The molecule has 2 aromatic rings. The number of alkyl halides is 2. The molecule has 0 aliphatic heterocycles. The van der Waals surface area contributed by atoms with Crippen LogP contribution in [0.4, 0.5) is 20.3 Å². The van der Waals surface area contributed by atoms with Crippen molar-refractivity contribution in [1.82, 2.24) is 19.7 Å². The minimum atomic E-state index is -2.50. The summed E-state index contributed by atoms with van der Waals surface area (Å²) < 4.78 is 30.7. The van der Waals surface area contributed by atoms with Gasteiger partial charge in [-0.1, -0.05) is 11.8 Å². The first kappa shape index (κ1) is 17.1. The standard InChI is InChI=1S/C13H15F2N5O2S/c1-3-22-12(21)9-5-16-13(23-2)19-11(9)18-8-4-17-20(6-8)7-10(14)15/h4-6,10H,3,7H2,1-2H3,(H,16,18,19). The summed E-state index contributed by atoms with van der Waals surface area (Å²) in [5.74, 6) is -0.331. The molecule has 124 valence electrons. The number of rotatable bonds is 7. The van der Waals surface area contributed by atoms with Gasteiger partial charge in [0.05, 0.1) is 18.5 Å². The summed E-state index contributed by atoms with van der Waals surface area (Å²) in [6, 6.07) is 0. The van der Waals surface area contributed by atoms with E-state index >= 15 is 0 Å². The molecule has 2 rings (SSSR count). The van der Waals surface area contributed by atoms with Crippen molar-refractivity contribution in [3.8, 4) is 0 Å². The molecule has 0 radical (unpaired) electrons. The van der Waals surface area contributed by atoms with E-state index in [1.54, 1.807) is 13.2 Å². The smallest absolute Gasteiger partial charge is 0.343 e. The van der Waals surface area contributed by atoms with Gasteiger partial charge in [0, 0.05) is 12.4 Å². The van der Waals surface area contributed by atoms with Gasteiger partial charge in [0.1, 0.15) is 17.9 Å². The van der Waals surface area contributed by atoms with Crippen LogP contribution in [-0.2, 0) is 11.3 Å². The van der Waals surface area contributed by atoms with Gasteiger partial charge < -0.3 is 10.1 Å². The summed E-state index contributed by atoms with van der Waals surface area (Å²) in [6.07, 6.45) is 3.44. The first-order valence-electron chi connectivity index (χ1n) is 6.69. The zero-order valence-corrected chi connectivity index (χ0v) is 13.3. The Morgan fingerprint density at radius 2 is 2.26 bits per heavy atom. The fourth-order valence-electron chi connectivity index (χ4n) is 1.72. The number of aromatic nitrogens is 4. The Hall–Kier alpha value is -2.23. The fraction of sp³-hybridized carbons (Fsp3) is 0.385. The lowest BCUT2D eigenvalue weighted by Crippen LogP contribution is -2.10. The molecule has 0 aliphatic carbocycles. The number of hydrogen-bond donors (Lipinski definition) is 1. The van der Waals surface area contributed by atoms with E-state index in [0.29, 0.717) is 10.8 Å². The highest BCUT2D eigenvalue weighted by molar-refractivity contribution is 7.98. The van der Waals surface area contributed by atoms with Gasteiger partial charge in [0.2, 0.25) is 0 Å². The number of carbonyl (C=O) groups excluding carboxylic acids is 1. The molecule has 0 unspecified atom stereocenters. The maximum Gasteiger partial charge on any atom is 0.343 e. The van der Waals surface area contributed by atoms with Gasteiger partial charge in [0.25, 0.3) is 6.43 Å². The van der Waals surface area contributed by atoms with Gasteiger partial charge in [-0.3, -0.25) is 4.68 Å². The summed E-state index contributed by atoms with van der Waals surface area (Å²) in [5.41, 5.74) is 0.591. The summed E-state index contributed by atoms with van der Waals surface area (Å²) in [5, 5.41) is 7.16. The van der Waals surface area contributed by atoms with Gasteiger partial charge in [-0.2, -0.15) is 5.10 Å². The number of ether oxygens (including phenoxy) is 1. The molecule has 0 amide bonds. The molecule has 0 fully saturated rings. The topological polar surface area (TPSA) is 81.9 Å². The van der Waals surface area contributed by atoms with E-state index in [4.69, 9.17) is 4.74 Å². The van der Waals surface area contributed by atoms with Crippen LogP contribution in [0, 0.1) is 0 Å². The van der Waals surface area contributed by atoms with Crippen LogP contribution in [0.15, 0.2) is 23.7 Å². The van der Waals surface area contributed by atoms with Gasteiger partial charge in [-0.05, 0) is 13.2 Å². The molecule has 0 aliphatic rings. The number of hydrogen-bond acceptors (Lipinski definition) is 7. The average molecular weight is 343 g/mol. The number of halogens is 2. The zero-order valence-electron chi connectivity index (χ0n) is 12.5. The minimum absolute atomic E-state index is 0.159. The minimum Gasteiger partial charge on any atom is -0.462 e. The SMILES string of the molecule is CCOC(=O)c1cnc(SC)nc1Nc1cnn(CC(F)F)c1. The number of carbonyl (C=O) groups is 1. The molecule has 2 heterocycles. The predicted molar refractivity (Wildman–Crippen MR) is 81.3 cm³/mol. The van der Waals surface area contributed by atoms with Crippen LogP contribution in [-0.4, -0.2) is 45.0 Å². The van der Waals surface area contributed by atoms with Gasteiger partial charge in [0.15, 0.2) is 5.16 Å². The highest BCUT2D eigenvalue weighted by Crippen LogP contribution is 2.21. The van der Waals surface area contributed by atoms with Crippen LogP contribution in [0.2, 0.25) is 0 Å². The lowest BCUT2D eigenvalue weighted by atomic mass is 10.3. The van der Waals surface area contributed by atoms with E-state index in [-0.39, 0.29) is 18.0 Å². The Kier molecular flexibility index (Phi) is 5.85. The number of nitrogens with one attached hydrogen (secondary N) is 1. The van der Waals surface area contributed by atoms with Crippen LogP contribution >= 0.6 is 11.8 Å². The molecule has 10 heteroatoms. The van der Waals surface area contributed by atoms with Crippen molar-refractivity contribution >= 4 is 29.2 Å². The number of nitrogens with zero attached hydrogens (tertiary/aromatic N) is 4. The van der Waals surface area contributed by atoms with Crippen LogP contribution in [0.5, 0.6) is 0 Å². The maximum atomic E-state index is 12.3. The summed E-state index contributed by atoms with van der Waals surface area (Å²) in [4.78, 5) is 20.2. The molecule has 0 aromatic carbocycles. The molecule has 0 atom stereocenters. The molecule has 7 nitrogen and oxygen atoms in total. The van der Waals surface area contributed by atoms with Crippen molar-refractivity contribution in [1.29, 1.82) is 0 Å². The van der Waals surface area contributed by atoms with Crippen LogP contribution in [0.1, 0.15) is 17.3 Å². The highest BCUT2D eigenvalue weighted by Gasteiger charge is 2.17. The van der Waals surface area contributed by atoms with Crippen molar-refractivity contribution in [3.63, 3.8) is 0 Å². The quantitative estimate of drug-likeness (QED) is 0.470. The fourth-order valence-corrected chi connectivity index (χ4v) is 2.06. The molecule has 0 bridgehead atoms. The van der Waals surface area contributed by atoms with Crippen molar-refractivity contribution < 1.29 is 18.3 Å². The number of thioether (sulfide) groups is 1. The second-order valence-corrected chi connectivity index (χ2v) is 5.08. The predicted octanol–water partition coefficient (Wildman–Crippen LogP) is 2.58. The average Bonchev–Trinajstić information content (AvgIpc) is 2.93. The molecule has 2 aromatic heterocycles. The molecule has 1 N–H and O–H groups in total. The Balaban J connectivity index is 2.25. The van der Waals surface area contributed by atoms with Crippen molar-refractivity contribution in [2.45, 2.75) is 25.1 Å². The van der Waals surface area contributed by atoms with Crippen molar-refractivity contribution in [2.24, 2.45) is 0 Å². The third kappa shape index (κ3) is 4.62. The third-order valence-corrected chi connectivity index (χ3v) is 3.23. The van der Waals surface area contributed by atoms with E-state index in [1.807, 2.05) is 0 Å². The summed E-state index contributed by atoms with van der Waals surface area (Å²) >= 11 is 1.31. The Morgan fingerprint density at radius 1 is 1.48 bits per heavy atom. The second-order valence-electron chi connectivity index (χ2n) is 4.31. The Labute approximate surface area is 135 Å². The maximum absolute atomic E-state index is 12.3. The normalized spacial score (nSPS) is 10.8. The largest absolute Gasteiger partial charge is 0.462 e. The molecule has 23 heavy (non-hydrogen) atoms. The molecular formula is C13H15F2N5O2S. The summed E-state index contributed by atoms with van der Waals surface area (Å²) in [6.45, 7) is 1.40.